The Morgan fingerprint density at radius 2 is 2.35 bits per heavy atom. The number of rotatable bonds is 5. The van der Waals surface area contributed by atoms with Crippen LogP contribution >= 0.6 is 11.6 Å². The molecule has 0 aliphatic carbocycles. The molecule has 2 aromatic rings. The van der Waals surface area contributed by atoms with E-state index in [0.717, 1.165) is 5.69 Å². The van der Waals surface area contributed by atoms with E-state index in [0.29, 0.717) is 29.9 Å². The quantitative estimate of drug-likeness (QED) is 0.887. The third-order valence-corrected chi connectivity index (χ3v) is 2.29. The van der Waals surface area contributed by atoms with E-state index in [1.165, 1.54) is 0 Å². The molecule has 6 heteroatoms. The largest absolute Gasteiger partial charge is 0.377 e. The fourth-order valence-corrected chi connectivity index (χ4v) is 1.52. The lowest BCUT2D eigenvalue weighted by Crippen LogP contribution is -2.00. The molecule has 1 heterocycles. The van der Waals surface area contributed by atoms with Gasteiger partial charge in [-0.1, -0.05) is 22.8 Å². The molecule has 1 aromatic heterocycles. The van der Waals surface area contributed by atoms with Crippen molar-refractivity contribution in [3.05, 3.63) is 41.0 Å². The highest BCUT2D eigenvalue weighted by molar-refractivity contribution is 6.30. The second-order valence-corrected chi connectivity index (χ2v) is 3.84. The van der Waals surface area contributed by atoms with Crippen LogP contribution in [0.4, 0.5) is 5.69 Å². The zero-order valence-electron chi connectivity index (χ0n) is 9.31. The van der Waals surface area contributed by atoms with Gasteiger partial charge in [-0.3, -0.25) is 0 Å². The van der Waals surface area contributed by atoms with Crippen molar-refractivity contribution < 1.29 is 9.26 Å². The molecule has 5 nitrogen and oxygen atoms in total. The molecule has 0 bridgehead atoms. The topological polar surface area (TPSA) is 60.2 Å². The van der Waals surface area contributed by atoms with E-state index in [4.69, 9.17) is 20.9 Å². The van der Waals surface area contributed by atoms with Gasteiger partial charge in [0.15, 0.2) is 5.82 Å². The lowest BCUT2D eigenvalue weighted by molar-refractivity contribution is 0.174. The van der Waals surface area contributed by atoms with Crippen LogP contribution in [-0.4, -0.2) is 17.3 Å². The van der Waals surface area contributed by atoms with E-state index in [1.54, 1.807) is 7.11 Å². The summed E-state index contributed by atoms with van der Waals surface area (Å²) in [6.07, 6.45) is 0. The lowest BCUT2D eigenvalue weighted by atomic mass is 10.3. The molecule has 0 saturated carbocycles. The Hall–Kier alpha value is -1.59. The highest BCUT2D eigenvalue weighted by atomic mass is 35.5. The van der Waals surface area contributed by atoms with Gasteiger partial charge in [-0.25, -0.2) is 0 Å². The molecule has 0 unspecified atom stereocenters. The summed E-state index contributed by atoms with van der Waals surface area (Å²) in [6, 6.07) is 7.43. The molecule has 0 saturated heterocycles. The van der Waals surface area contributed by atoms with Crippen molar-refractivity contribution in [3.63, 3.8) is 0 Å². The molecule has 2 rings (SSSR count). The Morgan fingerprint density at radius 1 is 1.47 bits per heavy atom. The summed E-state index contributed by atoms with van der Waals surface area (Å²) in [5.74, 6) is 1.05. The highest BCUT2D eigenvalue weighted by Gasteiger charge is 2.05. The predicted octanol–water partition coefficient (Wildman–Crippen LogP) is 2.48. The van der Waals surface area contributed by atoms with Crippen molar-refractivity contribution in [1.29, 1.82) is 0 Å². The van der Waals surface area contributed by atoms with Crippen molar-refractivity contribution in [3.8, 4) is 0 Å². The maximum absolute atomic E-state index is 5.86. The molecule has 0 amide bonds. The molecule has 0 fully saturated rings. The number of hydrogen-bond donors (Lipinski definition) is 1. The third-order valence-electron chi connectivity index (χ3n) is 2.05. The van der Waals surface area contributed by atoms with Crippen LogP contribution in [0, 0.1) is 0 Å². The maximum Gasteiger partial charge on any atom is 0.246 e. The number of methoxy groups -OCH3 is 1. The minimum Gasteiger partial charge on any atom is -0.377 e. The molecule has 0 atom stereocenters. The third kappa shape index (κ3) is 3.44. The Labute approximate surface area is 104 Å². The van der Waals surface area contributed by atoms with E-state index in [1.807, 2.05) is 24.3 Å². The first-order valence-corrected chi connectivity index (χ1v) is 5.45. The Morgan fingerprint density at radius 3 is 3.12 bits per heavy atom. The number of nitrogens with one attached hydrogen (secondary N) is 1. The molecule has 1 N–H and O–H groups in total. The van der Waals surface area contributed by atoms with Gasteiger partial charge >= 0.3 is 0 Å². The van der Waals surface area contributed by atoms with Crippen molar-refractivity contribution >= 4 is 17.3 Å². The van der Waals surface area contributed by atoms with Gasteiger partial charge in [-0.05, 0) is 18.2 Å². The number of halogens is 1. The number of anilines is 1. The van der Waals surface area contributed by atoms with E-state index >= 15 is 0 Å². The monoisotopic (exact) mass is 253 g/mol. The van der Waals surface area contributed by atoms with Gasteiger partial charge in [0.2, 0.25) is 5.89 Å². The molecule has 90 valence electrons. The first kappa shape index (κ1) is 11.9. The minimum absolute atomic E-state index is 0.348. The summed E-state index contributed by atoms with van der Waals surface area (Å²) in [5.41, 5.74) is 0.906. The van der Waals surface area contributed by atoms with E-state index < -0.39 is 0 Å². The molecule has 0 aliphatic heterocycles. The van der Waals surface area contributed by atoms with Crippen molar-refractivity contribution in [2.24, 2.45) is 0 Å². The molecular formula is C11H12ClN3O2. The van der Waals surface area contributed by atoms with Crippen LogP contribution in [0.25, 0.3) is 0 Å². The summed E-state index contributed by atoms with van der Waals surface area (Å²) in [7, 11) is 1.58. The summed E-state index contributed by atoms with van der Waals surface area (Å²) < 4.78 is 9.93. The summed E-state index contributed by atoms with van der Waals surface area (Å²) >= 11 is 5.86. The first-order chi connectivity index (χ1) is 8.28. The van der Waals surface area contributed by atoms with Gasteiger partial charge in [0.05, 0.1) is 6.54 Å². The van der Waals surface area contributed by atoms with Crippen LogP contribution in [-0.2, 0) is 17.9 Å². The summed E-state index contributed by atoms with van der Waals surface area (Å²) in [6.45, 7) is 0.803. The van der Waals surface area contributed by atoms with Crippen molar-refractivity contribution in [1.82, 2.24) is 10.1 Å². The van der Waals surface area contributed by atoms with Crippen molar-refractivity contribution in [2.75, 3.05) is 12.4 Å². The van der Waals surface area contributed by atoms with Crippen LogP contribution in [0.5, 0.6) is 0 Å². The van der Waals surface area contributed by atoms with E-state index in [9.17, 15) is 0 Å². The predicted molar refractivity (Wildman–Crippen MR) is 63.8 cm³/mol. The molecule has 1 aromatic carbocycles. The number of nitrogens with zero attached hydrogens (tertiary/aromatic N) is 2. The zero-order chi connectivity index (χ0) is 12.1. The highest BCUT2D eigenvalue weighted by Crippen LogP contribution is 2.15. The van der Waals surface area contributed by atoms with Gasteiger partial charge in [0.1, 0.15) is 6.61 Å². The fraction of sp³-hybridized carbons (Fsp3) is 0.273. The van der Waals surface area contributed by atoms with Crippen LogP contribution < -0.4 is 5.32 Å². The van der Waals surface area contributed by atoms with Gasteiger partial charge in [0.25, 0.3) is 0 Å². The number of aromatic nitrogens is 2. The number of ether oxygens (including phenoxy) is 1. The maximum atomic E-state index is 5.86. The van der Waals surface area contributed by atoms with Crippen LogP contribution in [0.2, 0.25) is 5.02 Å². The average molecular weight is 254 g/mol. The van der Waals surface area contributed by atoms with Crippen LogP contribution in [0.1, 0.15) is 11.7 Å². The van der Waals surface area contributed by atoms with E-state index in [-0.39, 0.29) is 0 Å². The Kier molecular flexibility index (Phi) is 3.95. The average Bonchev–Trinajstić information content (AvgIpc) is 2.75. The first-order valence-electron chi connectivity index (χ1n) is 5.08. The summed E-state index contributed by atoms with van der Waals surface area (Å²) in [4.78, 5) is 4.14. The molecule has 0 aliphatic rings. The normalized spacial score (nSPS) is 10.5. The Balaban J connectivity index is 1.93. The molecule has 0 spiro atoms. The van der Waals surface area contributed by atoms with Gasteiger partial charge in [0, 0.05) is 17.8 Å². The molecular weight excluding hydrogens is 242 g/mol. The number of hydrogen-bond acceptors (Lipinski definition) is 5. The van der Waals surface area contributed by atoms with Gasteiger partial charge in [-0.2, -0.15) is 4.98 Å². The zero-order valence-corrected chi connectivity index (χ0v) is 10.1. The molecule has 0 radical (unpaired) electrons. The minimum atomic E-state index is 0.348. The number of benzene rings is 1. The van der Waals surface area contributed by atoms with Crippen LogP contribution in [0.3, 0.4) is 0 Å². The van der Waals surface area contributed by atoms with Crippen molar-refractivity contribution in [2.45, 2.75) is 13.2 Å². The van der Waals surface area contributed by atoms with Crippen LogP contribution in [0.15, 0.2) is 28.8 Å². The standard InChI is InChI=1S/C11H12ClN3O2/c1-16-7-10-14-11(17-15-10)6-13-9-4-2-3-8(12)5-9/h2-5,13H,6-7H2,1H3. The Bertz CT molecular complexity index is 487. The lowest BCUT2D eigenvalue weighted by Gasteiger charge is -2.02. The van der Waals surface area contributed by atoms with Gasteiger partial charge in [-0.15, -0.1) is 0 Å². The second kappa shape index (κ2) is 5.65. The van der Waals surface area contributed by atoms with Gasteiger partial charge < -0.3 is 14.6 Å². The van der Waals surface area contributed by atoms with E-state index in [2.05, 4.69) is 15.5 Å². The smallest absolute Gasteiger partial charge is 0.246 e. The summed E-state index contributed by atoms with van der Waals surface area (Å²) in [5, 5.41) is 7.58. The fourth-order valence-electron chi connectivity index (χ4n) is 1.33. The molecule has 17 heavy (non-hydrogen) atoms. The second-order valence-electron chi connectivity index (χ2n) is 3.40. The SMILES string of the molecule is COCc1noc(CNc2cccc(Cl)c2)n1.